The van der Waals surface area contributed by atoms with Crippen molar-refractivity contribution in [2.24, 2.45) is 0 Å². The number of amides is 1. The molecule has 0 aliphatic carbocycles. The van der Waals surface area contributed by atoms with E-state index in [9.17, 15) is 4.79 Å². The van der Waals surface area contributed by atoms with E-state index < -0.39 is 0 Å². The summed E-state index contributed by atoms with van der Waals surface area (Å²) in [6, 6.07) is 2.53. The molecule has 0 saturated carbocycles. The van der Waals surface area contributed by atoms with Crippen LogP contribution in [0.25, 0.3) is 11.4 Å². The second kappa shape index (κ2) is 7.21. The van der Waals surface area contributed by atoms with Gasteiger partial charge in [-0.05, 0) is 39.7 Å². The van der Waals surface area contributed by atoms with Crippen molar-refractivity contribution in [1.82, 2.24) is 24.4 Å². The molecular formula is C18H26N6O. The summed E-state index contributed by atoms with van der Waals surface area (Å²) in [6.07, 6.45) is 5.47. The van der Waals surface area contributed by atoms with E-state index in [1.165, 1.54) is 0 Å². The molecule has 0 aromatic carbocycles. The largest absolute Gasteiger partial charge is 0.351 e. The van der Waals surface area contributed by atoms with Crippen LogP contribution in [0.4, 0.5) is 5.95 Å². The van der Waals surface area contributed by atoms with Gasteiger partial charge in [-0.25, -0.2) is 15.0 Å². The highest BCUT2D eigenvalue weighted by molar-refractivity contribution is 5.73. The molecule has 25 heavy (non-hydrogen) atoms. The van der Waals surface area contributed by atoms with Crippen molar-refractivity contribution >= 4 is 11.9 Å². The van der Waals surface area contributed by atoms with Crippen LogP contribution in [-0.2, 0) is 4.79 Å². The molecule has 0 atom stereocenters. The van der Waals surface area contributed by atoms with Crippen molar-refractivity contribution in [3.05, 3.63) is 24.3 Å². The Kier molecular flexibility index (Phi) is 5.01. The van der Waals surface area contributed by atoms with Gasteiger partial charge in [0.05, 0.1) is 17.6 Å². The first-order valence-corrected chi connectivity index (χ1v) is 8.85. The highest BCUT2D eigenvalue weighted by Gasteiger charge is 2.21. The third-order valence-corrected chi connectivity index (χ3v) is 4.69. The van der Waals surface area contributed by atoms with Crippen molar-refractivity contribution < 1.29 is 4.79 Å². The number of aryl methyl sites for hydroxylation is 1. The lowest BCUT2D eigenvalue weighted by molar-refractivity contribution is -0.129. The first-order chi connectivity index (χ1) is 12.0. The third-order valence-electron chi connectivity index (χ3n) is 4.69. The van der Waals surface area contributed by atoms with E-state index in [4.69, 9.17) is 0 Å². The molecule has 0 radical (unpaired) electrons. The van der Waals surface area contributed by atoms with Crippen molar-refractivity contribution in [1.29, 1.82) is 0 Å². The molecule has 2 aromatic rings. The van der Waals surface area contributed by atoms with Crippen molar-refractivity contribution in [2.75, 3.05) is 18.4 Å². The summed E-state index contributed by atoms with van der Waals surface area (Å²) in [4.78, 5) is 26.8. The van der Waals surface area contributed by atoms with E-state index in [-0.39, 0.29) is 5.91 Å². The number of nitrogens with one attached hydrogen (secondary N) is 1. The number of carbonyl (C=O) groups excluding carboxylic acids is 1. The van der Waals surface area contributed by atoms with Gasteiger partial charge < -0.3 is 14.8 Å². The number of likely N-dealkylation sites (tertiary alicyclic amines) is 1. The van der Waals surface area contributed by atoms with Crippen molar-refractivity contribution in [2.45, 2.75) is 52.6 Å². The Morgan fingerprint density at radius 3 is 2.64 bits per heavy atom. The normalized spacial score (nSPS) is 15.6. The van der Waals surface area contributed by atoms with Gasteiger partial charge in [0, 0.05) is 38.3 Å². The van der Waals surface area contributed by atoms with Crippen LogP contribution >= 0.6 is 0 Å². The van der Waals surface area contributed by atoms with Crippen LogP contribution in [0.2, 0.25) is 0 Å². The molecule has 3 rings (SSSR count). The Morgan fingerprint density at radius 1 is 1.28 bits per heavy atom. The average molecular weight is 342 g/mol. The summed E-state index contributed by atoms with van der Waals surface area (Å²) in [5, 5.41) is 3.42. The SMILES string of the molecule is CC(=O)N1CCC(Nc2nccc(-c3cnc(C)n3C(C)C)n2)CC1. The highest BCUT2D eigenvalue weighted by atomic mass is 16.2. The van der Waals surface area contributed by atoms with Crippen LogP contribution in [0, 0.1) is 6.92 Å². The summed E-state index contributed by atoms with van der Waals surface area (Å²) < 4.78 is 2.18. The summed E-state index contributed by atoms with van der Waals surface area (Å²) in [7, 11) is 0. The molecule has 7 heteroatoms. The Hall–Kier alpha value is -2.44. The van der Waals surface area contributed by atoms with Crippen LogP contribution in [0.3, 0.4) is 0 Å². The number of nitrogens with zero attached hydrogens (tertiary/aromatic N) is 5. The summed E-state index contributed by atoms with van der Waals surface area (Å²) in [5.74, 6) is 1.76. The fourth-order valence-electron chi connectivity index (χ4n) is 3.39. The van der Waals surface area contributed by atoms with Gasteiger partial charge in [0.15, 0.2) is 0 Å². The van der Waals surface area contributed by atoms with Crippen molar-refractivity contribution in [3.63, 3.8) is 0 Å². The van der Waals surface area contributed by atoms with Crippen LogP contribution in [-0.4, -0.2) is 49.5 Å². The maximum Gasteiger partial charge on any atom is 0.223 e. The van der Waals surface area contributed by atoms with E-state index in [0.29, 0.717) is 18.0 Å². The molecule has 0 spiro atoms. The second-order valence-corrected chi connectivity index (χ2v) is 6.84. The minimum Gasteiger partial charge on any atom is -0.351 e. The Balaban J connectivity index is 1.74. The standard InChI is InChI=1S/C18H26N6O/c1-12(2)24-13(3)20-11-17(24)16-5-8-19-18(22-16)21-15-6-9-23(10-7-15)14(4)25/h5,8,11-12,15H,6-7,9-10H2,1-4H3,(H,19,21,22). The van der Waals surface area contributed by atoms with Crippen LogP contribution in [0.15, 0.2) is 18.5 Å². The lowest BCUT2D eigenvalue weighted by Gasteiger charge is -2.31. The second-order valence-electron chi connectivity index (χ2n) is 6.84. The Morgan fingerprint density at radius 2 is 2.00 bits per heavy atom. The number of rotatable bonds is 4. The molecule has 1 aliphatic rings. The number of piperidine rings is 1. The zero-order valence-corrected chi connectivity index (χ0v) is 15.4. The average Bonchev–Trinajstić information content (AvgIpc) is 2.97. The van der Waals surface area contributed by atoms with Crippen LogP contribution in [0.1, 0.15) is 45.5 Å². The molecule has 1 aliphatic heterocycles. The summed E-state index contributed by atoms with van der Waals surface area (Å²) >= 11 is 0. The molecule has 1 amide bonds. The number of aromatic nitrogens is 4. The smallest absolute Gasteiger partial charge is 0.223 e. The molecule has 1 N–H and O–H groups in total. The van der Waals surface area contributed by atoms with E-state index in [1.807, 2.05) is 24.1 Å². The van der Waals surface area contributed by atoms with E-state index >= 15 is 0 Å². The fourth-order valence-corrected chi connectivity index (χ4v) is 3.39. The predicted octanol–water partition coefficient (Wildman–Crippen LogP) is 2.65. The summed E-state index contributed by atoms with van der Waals surface area (Å²) in [6.45, 7) is 9.48. The fraction of sp³-hybridized carbons (Fsp3) is 0.556. The molecular weight excluding hydrogens is 316 g/mol. The lowest BCUT2D eigenvalue weighted by atomic mass is 10.1. The lowest BCUT2D eigenvalue weighted by Crippen LogP contribution is -2.41. The topological polar surface area (TPSA) is 75.9 Å². The number of hydrogen-bond donors (Lipinski definition) is 1. The number of carbonyl (C=O) groups is 1. The zero-order chi connectivity index (χ0) is 18.0. The van der Waals surface area contributed by atoms with Gasteiger partial charge in [-0.2, -0.15) is 0 Å². The minimum absolute atomic E-state index is 0.147. The Bertz CT molecular complexity index is 746. The molecule has 134 valence electrons. The molecule has 3 heterocycles. The first-order valence-electron chi connectivity index (χ1n) is 8.85. The van der Waals surface area contributed by atoms with Gasteiger partial charge in [-0.15, -0.1) is 0 Å². The zero-order valence-electron chi connectivity index (χ0n) is 15.4. The van der Waals surface area contributed by atoms with Crippen LogP contribution < -0.4 is 5.32 Å². The first kappa shape index (κ1) is 17.4. The molecule has 7 nitrogen and oxygen atoms in total. The maximum atomic E-state index is 11.4. The van der Waals surface area contributed by atoms with E-state index in [0.717, 1.165) is 43.1 Å². The number of anilines is 1. The van der Waals surface area contributed by atoms with E-state index in [2.05, 4.69) is 38.7 Å². The number of hydrogen-bond acceptors (Lipinski definition) is 5. The molecule has 1 fully saturated rings. The van der Waals surface area contributed by atoms with Gasteiger partial charge in [-0.1, -0.05) is 0 Å². The predicted molar refractivity (Wildman–Crippen MR) is 97.3 cm³/mol. The molecule has 0 bridgehead atoms. The molecule has 0 unspecified atom stereocenters. The van der Waals surface area contributed by atoms with Crippen molar-refractivity contribution in [3.8, 4) is 11.4 Å². The minimum atomic E-state index is 0.147. The molecule has 2 aromatic heterocycles. The monoisotopic (exact) mass is 342 g/mol. The maximum absolute atomic E-state index is 11.4. The third kappa shape index (κ3) is 3.81. The number of imidazole rings is 1. The van der Waals surface area contributed by atoms with Crippen LogP contribution in [0.5, 0.6) is 0 Å². The molecule has 1 saturated heterocycles. The van der Waals surface area contributed by atoms with Gasteiger partial charge in [-0.3, -0.25) is 4.79 Å². The quantitative estimate of drug-likeness (QED) is 0.924. The summed E-state index contributed by atoms with van der Waals surface area (Å²) in [5.41, 5.74) is 1.87. The van der Waals surface area contributed by atoms with Gasteiger partial charge in [0.25, 0.3) is 0 Å². The highest BCUT2D eigenvalue weighted by Crippen LogP contribution is 2.24. The van der Waals surface area contributed by atoms with E-state index in [1.54, 1.807) is 13.1 Å². The van der Waals surface area contributed by atoms with Gasteiger partial charge in [0.2, 0.25) is 11.9 Å². The Labute approximate surface area is 148 Å². The van der Waals surface area contributed by atoms with Gasteiger partial charge >= 0.3 is 0 Å². The van der Waals surface area contributed by atoms with Gasteiger partial charge in [0.1, 0.15) is 5.82 Å².